The summed E-state index contributed by atoms with van der Waals surface area (Å²) in [6.45, 7) is 6.76. The second-order valence-corrected chi connectivity index (χ2v) is 6.30. The summed E-state index contributed by atoms with van der Waals surface area (Å²) in [7, 11) is 0. The summed E-state index contributed by atoms with van der Waals surface area (Å²) in [5, 5.41) is 0.708. The number of halogens is 2. The van der Waals surface area contributed by atoms with Crippen LogP contribution in [0.3, 0.4) is 0 Å². The maximum atomic E-state index is 12.2. The van der Waals surface area contributed by atoms with Crippen molar-refractivity contribution in [2.24, 2.45) is 5.73 Å². The Labute approximate surface area is 155 Å². The van der Waals surface area contributed by atoms with E-state index >= 15 is 0 Å². The van der Waals surface area contributed by atoms with Crippen LogP contribution in [-0.2, 0) is 4.79 Å². The van der Waals surface area contributed by atoms with Gasteiger partial charge in [-0.1, -0.05) is 24.9 Å². The first-order chi connectivity index (χ1) is 11.1. The molecule has 1 amide bonds. The van der Waals surface area contributed by atoms with Gasteiger partial charge in [-0.2, -0.15) is 0 Å². The molecule has 1 fully saturated rings. The van der Waals surface area contributed by atoms with E-state index in [1.54, 1.807) is 0 Å². The Hall–Kier alpha value is -1.01. The van der Waals surface area contributed by atoms with Crippen molar-refractivity contribution in [3.05, 3.63) is 29.3 Å². The van der Waals surface area contributed by atoms with Crippen LogP contribution in [0, 0.1) is 0 Å². The molecule has 24 heavy (non-hydrogen) atoms. The molecule has 0 radical (unpaired) electrons. The Morgan fingerprint density at radius 2 is 1.88 bits per heavy atom. The predicted octanol–water partition coefficient (Wildman–Crippen LogP) is 2.41. The van der Waals surface area contributed by atoms with E-state index in [9.17, 15) is 4.79 Å². The Balaban J connectivity index is 0.00000288. The van der Waals surface area contributed by atoms with Crippen molar-refractivity contribution in [1.82, 2.24) is 9.80 Å². The number of nitrogens with zero attached hydrogens (tertiary/aromatic N) is 2. The highest BCUT2D eigenvalue weighted by Crippen LogP contribution is 2.15. The van der Waals surface area contributed by atoms with E-state index in [0.29, 0.717) is 11.6 Å². The normalized spacial score (nSPS) is 16.4. The van der Waals surface area contributed by atoms with Gasteiger partial charge in [-0.15, -0.1) is 12.4 Å². The average molecular weight is 376 g/mol. The number of rotatable bonds is 7. The van der Waals surface area contributed by atoms with E-state index in [0.717, 1.165) is 51.3 Å². The second kappa shape index (κ2) is 10.8. The highest BCUT2D eigenvalue weighted by molar-refractivity contribution is 6.30. The minimum atomic E-state index is -0.347. The summed E-state index contributed by atoms with van der Waals surface area (Å²) < 4.78 is 5.71. The quantitative estimate of drug-likeness (QED) is 0.794. The van der Waals surface area contributed by atoms with Crippen molar-refractivity contribution in [2.75, 3.05) is 39.3 Å². The van der Waals surface area contributed by atoms with E-state index < -0.39 is 0 Å². The smallest absolute Gasteiger partial charge is 0.239 e. The highest BCUT2D eigenvalue weighted by Gasteiger charge is 2.24. The van der Waals surface area contributed by atoms with Crippen LogP contribution in [0.1, 0.15) is 19.8 Å². The van der Waals surface area contributed by atoms with E-state index in [4.69, 9.17) is 22.1 Å². The molecule has 1 aromatic carbocycles. The molecule has 2 N–H and O–H groups in total. The molecule has 1 saturated heterocycles. The molecule has 1 aliphatic rings. The zero-order valence-corrected chi connectivity index (χ0v) is 15.7. The molecule has 1 aliphatic heterocycles. The van der Waals surface area contributed by atoms with Crippen LogP contribution in [0.25, 0.3) is 0 Å². The highest BCUT2D eigenvalue weighted by atomic mass is 35.5. The van der Waals surface area contributed by atoms with Crippen LogP contribution in [0.15, 0.2) is 24.3 Å². The van der Waals surface area contributed by atoms with Crippen LogP contribution in [-0.4, -0.2) is 61.1 Å². The molecule has 1 atom stereocenters. The van der Waals surface area contributed by atoms with Crippen LogP contribution in [0.4, 0.5) is 0 Å². The van der Waals surface area contributed by atoms with E-state index in [1.807, 2.05) is 36.1 Å². The van der Waals surface area contributed by atoms with Crippen molar-refractivity contribution < 1.29 is 9.53 Å². The van der Waals surface area contributed by atoms with Crippen molar-refractivity contribution in [3.8, 4) is 5.75 Å². The molecule has 0 aliphatic carbocycles. The van der Waals surface area contributed by atoms with Gasteiger partial charge in [-0.25, -0.2) is 0 Å². The van der Waals surface area contributed by atoms with Gasteiger partial charge >= 0.3 is 0 Å². The van der Waals surface area contributed by atoms with Gasteiger partial charge in [0.1, 0.15) is 12.4 Å². The molecule has 5 nitrogen and oxygen atoms in total. The van der Waals surface area contributed by atoms with Crippen molar-refractivity contribution in [1.29, 1.82) is 0 Å². The molecule has 2 rings (SSSR count). The van der Waals surface area contributed by atoms with Gasteiger partial charge in [0.05, 0.1) is 6.04 Å². The molecular formula is C17H27Cl2N3O2. The van der Waals surface area contributed by atoms with Crippen molar-refractivity contribution in [2.45, 2.75) is 25.8 Å². The minimum Gasteiger partial charge on any atom is -0.492 e. The number of nitrogens with two attached hydrogens (primary N) is 1. The lowest BCUT2D eigenvalue weighted by atomic mass is 10.1. The first-order valence-corrected chi connectivity index (χ1v) is 8.63. The second-order valence-electron chi connectivity index (χ2n) is 5.86. The predicted molar refractivity (Wildman–Crippen MR) is 100 cm³/mol. The summed E-state index contributed by atoms with van der Waals surface area (Å²) in [5.41, 5.74) is 5.91. The molecule has 7 heteroatoms. The van der Waals surface area contributed by atoms with Gasteiger partial charge in [-0.05, 0) is 30.7 Å². The third-order valence-electron chi connectivity index (χ3n) is 4.09. The van der Waals surface area contributed by atoms with Crippen molar-refractivity contribution in [3.63, 3.8) is 0 Å². The Morgan fingerprint density at radius 3 is 2.46 bits per heavy atom. The maximum Gasteiger partial charge on any atom is 0.239 e. The molecule has 1 unspecified atom stereocenters. The summed E-state index contributed by atoms with van der Waals surface area (Å²) in [6.07, 6.45) is 1.70. The number of piperazine rings is 1. The fourth-order valence-corrected chi connectivity index (χ4v) is 2.81. The van der Waals surface area contributed by atoms with Crippen LogP contribution in [0.5, 0.6) is 5.75 Å². The zero-order chi connectivity index (χ0) is 16.7. The Kier molecular flexibility index (Phi) is 9.44. The first kappa shape index (κ1) is 21.0. The SMILES string of the molecule is CCCC(N)C(=O)N1CCN(CCOc2ccc(Cl)cc2)CC1.Cl. The third kappa shape index (κ3) is 6.48. The lowest BCUT2D eigenvalue weighted by Crippen LogP contribution is -2.53. The number of hydrogen-bond donors (Lipinski definition) is 1. The fourth-order valence-electron chi connectivity index (χ4n) is 2.68. The number of carbonyl (C=O) groups is 1. The summed E-state index contributed by atoms with van der Waals surface area (Å²) >= 11 is 5.84. The summed E-state index contributed by atoms with van der Waals surface area (Å²) in [6, 6.07) is 7.03. The maximum absolute atomic E-state index is 12.2. The first-order valence-electron chi connectivity index (χ1n) is 8.25. The molecule has 0 saturated carbocycles. The van der Waals surface area contributed by atoms with E-state index in [-0.39, 0.29) is 24.4 Å². The summed E-state index contributed by atoms with van der Waals surface area (Å²) in [4.78, 5) is 16.4. The van der Waals surface area contributed by atoms with E-state index in [2.05, 4.69) is 4.90 Å². The number of benzene rings is 1. The molecule has 1 aromatic rings. The third-order valence-corrected chi connectivity index (χ3v) is 4.34. The molecule has 136 valence electrons. The van der Waals surface area contributed by atoms with Gasteiger partial charge in [0.2, 0.25) is 5.91 Å². The molecular weight excluding hydrogens is 349 g/mol. The van der Waals surface area contributed by atoms with Gasteiger partial charge in [-0.3, -0.25) is 9.69 Å². The number of ether oxygens (including phenoxy) is 1. The number of hydrogen-bond acceptors (Lipinski definition) is 4. The lowest BCUT2D eigenvalue weighted by Gasteiger charge is -2.35. The molecule has 0 spiro atoms. The zero-order valence-electron chi connectivity index (χ0n) is 14.1. The Bertz CT molecular complexity index is 491. The van der Waals surface area contributed by atoms with Gasteiger partial charge in [0.25, 0.3) is 0 Å². The minimum absolute atomic E-state index is 0. The number of carbonyl (C=O) groups excluding carboxylic acids is 1. The van der Waals surface area contributed by atoms with Gasteiger partial charge < -0.3 is 15.4 Å². The van der Waals surface area contributed by atoms with Crippen LogP contribution >= 0.6 is 24.0 Å². The fraction of sp³-hybridized carbons (Fsp3) is 0.588. The molecule has 0 aromatic heterocycles. The van der Waals surface area contributed by atoms with Crippen molar-refractivity contribution >= 4 is 29.9 Å². The van der Waals surface area contributed by atoms with Crippen LogP contribution in [0.2, 0.25) is 5.02 Å². The van der Waals surface area contributed by atoms with Gasteiger partial charge in [0.15, 0.2) is 0 Å². The standard InChI is InChI=1S/C17H26ClN3O2.ClH/c1-2-3-16(19)17(22)21-10-8-20(9-11-21)12-13-23-15-6-4-14(18)5-7-15;/h4-7,16H,2-3,8-13,19H2,1H3;1H. The average Bonchev–Trinajstić information content (AvgIpc) is 2.57. The van der Waals surface area contributed by atoms with E-state index in [1.165, 1.54) is 0 Å². The lowest BCUT2D eigenvalue weighted by molar-refractivity contribution is -0.134. The number of amides is 1. The largest absolute Gasteiger partial charge is 0.492 e. The Morgan fingerprint density at radius 1 is 1.25 bits per heavy atom. The monoisotopic (exact) mass is 375 g/mol. The van der Waals surface area contributed by atoms with Crippen LogP contribution < -0.4 is 10.5 Å². The summed E-state index contributed by atoms with van der Waals surface area (Å²) in [5.74, 6) is 0.915. The molecule has 0 bridgehead atoms. The van der Waals surface area contributed by atoms with Gasteiger partial charge in [0, 0.05) is 37.7 Å². The topological polar surface area (TPSA) is 58.8 Å². The molecule has 1 heterocycles.